The van der Waals surface area contributed by atoms with Crippen LogP contribution in [-0.4, -0.2) is 48.3 Å². The highest BCUT2D eigenvalue weighted by molar-refractivity contribution is 5.71. The van der Waals surface area contributed by atoms with Crippen LogP contribution in [0.2, 0.25) is 0 Å². The average molecular weight is 283 g/mol. The number of nitrogens with zero attached hydrogens (tertiary/aromatic N) is 1. The molecule has 2 rings (SSSR count). The zero-order valence-corrected chi connectivity index (χ0v) is 12.9. The van der Waals surface area contributed by atoms with Crippen LogP contribution in [0.15, 0.2) is 0 Å². The molecule has 116 valence electrons. The van der Waals surface area contributed by atoms with E-state index in [1.165, 1.54) is 25.7 Å². The lowest BCUT2D eigenvalue weighted by atomic mass is 9.82. The van der Waals surface area contributed by atoms with Gasteiger partial charge in [0.2, 0.25) is 0 Å². The van der Waals surface area contributed by atoms with Gasteiger partial charge in [-0.15, -0.1) is 0 Å². The molecule has 1 N–H and O–H groups in total. The molecule has 2 fully saturated rings. The molecule has 0 aromatic rings. The number of carboxylic acids is 1. The molecule has 20 heavy (non-hydrogen) atoms. The Hall–Kier alpha value is -0.610. The van der Waals surface area contributed by atoms with Crippen molar-refractivity contribution in [3.05, 3.63) is 0 Å². The zero-order valence-electron chi connectivity index (χ0n) is 12.9. The van der Waals surface area contributed by atoms with E-state index in [1.807, 2.05) is 0 Å². The van der Waals surface area contributed by atoms with E-state index in [-0.39, 0.29) is 12.0 Å². The van der Waals surface area contributed by atoms with Crippen LogP contribution in [0, 0.1) is 17.8 Å². The molecule has 4 unspecified atom stereocenters. The van der Waals surface area contributed by atoms with Crippen molar-refractivity contribution in [3.8, 4) is 0 Å². The zero-order chi connectivity index (χ0) is 14.5. The second-order valence-electron chi connectivity index (χ2n) is 6.68. The molecule has 2 aliphatic rings. The summed E-state index contributed by atoms with van der Waals surface area (Å²) >= 11 is 0. The molecule has 0 radical (unpaired) electrons. The van der Waals surface area contributed by atoms with E-state index in [0.717, 1.165) is 31.3 Å². The summed E-state index contributed by atoms with van der Waals surface area (Å²) < 4.78 is 5.45. The highest BCUT2D eigenvalue weighted by Crippen LogP contribution is 2.31. The minimum absolute atomic E-state index is 0.0738. The molecule has 0 aromatic heterocycles. The fourth-order valence-corrected chi connectivity index (χ4v) is 3.88. The van der Waals surface area contributed by atoms with Crippen LogP contribution >= 0.6 is 0 Å². The molecule has 4 nitrogen and oxygen atoms in total. The van der Waals surface area contributed by atoms with Crippen molar-refractivity contribution >= 4 is 5.97 Å². The van der Waals surface area contributed by atoms with Gasteiger partial charge in [-0.1, -0.05) is 26.7 Å². The Morgan fingerprint density at radius 3 is 2.80 bits per heavy atom. The number of rotatable bonds is 6. The predicted molar refractivity (Wildman–Crippen MR) is 78.7 cm³/mol. The van der Waals surface area contributed by atoms with Gasteiger partial charge in [0.05, 0.1) is 19.1 Å². The van der Waals surface area contributed by atoms with Crippen molar-refractivity contribution in [3.63, 3.8) is 0 Å². The molecule has 1 aliphatic heterocycles. The monoisotopic (exact) mass is 283 g/mol. The van der Waals surface area contributed by atoms with Crippen LogP contribution in [0.3, 0.4) is 0 Å². The van der Waals surface area contributed by atoms with Gasteiger partial charge in [0.25, 0.3) is 0 Å². The third kappa shape index (κ3) is 3.95. The largest absolute Gasteiger partial charge is 0.481 e. The summed E-state index contributed by atoms with van der Waals surface area (Å²) in [6.07, 6.45) is 6.36. The number of aliphatic carboxylic acids is 1. The van der Waals surface area contributed by atoms with Crippen LogP contribution in [0.25, 0.3) is 0 Å². The highest BCUT2D eigenvalue weighted by atomic mass is 16.5. The van der Waals surface area contributed by atoms with Gasteiger partial charge >= 0.3 is 5.97 Å². The van der Waals surface area contributed by atoms with Crippen LogP contribution in [0.1, 0.15) is 46.0 Å². The molecular weight excluding hydrogens is 254 g/mol. The molecule has 0 amide bonds. The van der Waals surface area contributed by atoms with E-state index in [9.17, 15) is 9.90 Å². The molecular formula is C16H29NO3. The van der Waals surface area contributed by atoms with Gasteiger partial charge < -0.3 is 9.84 Å². The smallest absolute Gasteiger partial charge is 0.310 e. The van der Waals surface area contributed by atoms with Gasteiger partial charge in [0.15, 0.2) is 0 Å². The summed E-state index contributed by atoms with van der Waals surface area (Å²) in [5, 5.41) is 9.34. The molecule has 0 spiro atoms. The predicted octanol–water partition coefficient (Wildman–Crippen LogP) is 2.62. The maximum atomic E-state index is 11.4. The molecule has 1 aliphatic carbocycles. The molecule has 0 aromatic carbocycles. The Morgan fingerprint density at radius 2 is 2.15 bits per heavy atom. The summed E-state index contributed by atoms with van der Waals surface area (Å²) in [6.45, 7) is 7.51. The lowest BCUT2D eigenvalue weighted by Crippen LogP contribution is -2.46. The fraction of sp³-hybridized carbons (Fsp3) is 0.938. The van der Waals surface area contributed by atoms with E-state index in [2.05, 4.69) is 18.7 Å². The molecule has 1 heterocycles. The number of hydrogen-bond donors (Lipinski definition) is 1. The number of carbonyl (C=O) groups is 1. The Kier molecular flexibility index (Phi) is 5.85. The summed E-state index contributed by atoms with van der Waals surface area (Å²) in [4.78, 5) is 13.8. The molecule has 1 saturated heterocycles. The van der Waals surface area contributed by atoms with Crippen molar-refractivity contribution in [1.29, 1.82) is 0 Å². The van der Waals surface area contributed by atoms with Crippen LogP contribution in [0.5, 0.6) is 0 Å². The second kappa shape index (κ2) is 7.41. The third-order valence-corrected chi connectivity index (χ3v) is 4.89. The lowest BCUT2D eigenvalue weighted by molar-refractivity contribution is -0.143. The second-order valence-corrected chi connectivity index (χ2v) is 6.68. The SMILES string of the molecule is CCCN(CC1CCCC(C)C1)C1COCC1C(=O)O. The molecule has 4 atom stereocenters. The van der Waals surface area contributed by atoms with Crippen LogP contribution < -0.4 is 0 Å². The Labute approximate surface area is 122 Å². The average Bonchev–Trinajstić information content (AvgIpc) is 2.87. The van der Waals surface area contributed by atoms with E-state index in [0.29, 0.717) is 13.2 Å². The number of carboxylic acid groups (broad SMARTS) is 1. The maximum absolute atomic E-state index is 11.4. The highest BCUT2D eigenvalue weighted by Gasteiger charge is 2.38. The van der Waals surface area contributed by atoms with Gasteiger partial charge in [0, 0.05) is 12.6 Å². The maximum Gasteiger partial charge on any atom is 0.310 e. The standard InChI is InChI=1S/C16H29NO3/c1-3-7-17(9-13-6-4-5-12(2)8-13)15-11-20-10-14(15)16(18)19/h12-15H,3-11H2,1-2H3,(H,18,19). The first-order chi connectivity index (χ1) is 9.61. The summed E-state index contributed by atoms with van der Waals surface area (Å²) in [6, 6.07) is 0.0738. The van der Waals surface area contributed by atoms with E-state index < -0.39 is 5.97 Å². The normalized spacial score (nSPS) is 34.5. The minimum Gasteiger partial charge on any atom is -0.481 e. The van der Waals surface area contributed by atoms with Crippen molar-refractivity contribution < 1.29 is 14.6 Å². The first-order valence-electron chi connectivity index (χ1n) is 8.16. The van der Waals surface area contributed by atoms with Gasteiger partial charge in [0.1, 0.15) is 0 Å². The Balaban J connectivity index is 1.97. The van der Waals surface area contributed by atoms with Crippen LogP contribution in [0.4, 0.5) is 0 Å². The summed E-state index contributed by atoms with van der Waals surface area (Å²) in [5.41, 5.74) is 0. The van der Waals surface area contributed by atoms with Gasteiger partial charge in [-0.2, -0.15) is 0 Å². The molecule has 0 bridgehead atoms. The van der Waals surface area contributed by atoms with E-state index in [1.54, 1.807) is 0 Å². The Morgan fingerprint density at radius 1 is 1.35 bits per heavy atom. The van der Waals surface area contributed by atoms with E-state index >= 15 is 0 Å². The van der Waals surface area contributed by atoms with Crippen molar-refractivity contribution in [2.75, 3.05) is 26.3 Å². The van der Waals surface area contributed by atoms with Crippen LogP contribution in [-0.2, 0) is 9.53 Å². The van der Waals surface area contributed by atoms with Gasteiger partial charge in [-0.3, -0.25) is 9.69 Å². The van der Waals surface area contributed by atoms with Crippen molar-refractivity contribution in [2.24, 2.45) is 17.8 Å². The van der Waals surface area contributed by atoms with E-state index in [4.69, 9.17) is 4.74 Å². The summed E-state index contributed by atoms with van der Waals surface area (Å²) in [5.74, 6) is 0.515. The minimum atomic E-state index is -0.703. The lowest BCUT2D eigenvalue weighted by Gasteiger charge is -2.36. The fourth-order valence-electron chi connectivity index (χ4n) is 3.88. The van der Waals surface area contributed by atoms with Gasteiger partial charge in [-0.05, 0) is 37.6 Å². The first kappa shape index (κ1) is 15.8. The summed E-state index contributed by atoms with van der Waals surface area (Å²) in [7, 11) is 0. The molecule has 4 heteroatoms. The van der Waals surface area contributed by atoms with Crippen molar-refractivity contribution in [2.45, 2.75) is 52.0 Å². The topological polar surface area (TPSA) is 49.8 Å². The first-order valence-corrected chi connectivity index (χ1v) is 8.16. The quantitative estimate of drug-likeness (QED) is 0.814. The number of ether oxygens (including phenoxy) is 1. The van der Waals surface area contributed by atoms with Crippen molar-refractivity contribution in [1.82, 2.24) is 4.90 Å². The Bertz CT molecular complexity index is 321. The van der Waals surface area contributed by atoms with Gasteiger partial charge in [-0.25, -0.2) is 0 Å². The third-order valence-electron chi connectivity index (χ3n) is 4.89. The number of hydrogen-bond acceptors (Lipinski definition) is 3. The molecule has 1 saturated carbocycles.